The molecular weight excluding hydrogens is 403 g/mol. The molecule has 2 atom stereocenters. The van der Waals surface area contributed by atoms with Crippen molar-refractivity contribution >= 4 is 27.5 Å². The van der Waals surface area contributed by atoms with Crippen LogP contribution in [0.4, 0.5) is 4.39 Å². The fourth-order valence-corrected chi connectivity index (χ4v) is 4.95. The molecule has 1 heterocycles. The van der Waals surface area contributed by atoms with E-state index in [0.29, 0.717) is 24.4 Å². The van der Waals surface area contributed by atoms with Crippen molar-refractivity contribution in [3.63, 3.8) is 0 Å². The molecule has 3 rings (SSSR count). The van der Waals surface area contributed by atoms with E-state index < -0.39 is 15.9 Å². The zero-order valence-electron chi connectivity index (χ0n) is 15.4. The SMILES string of the molecule is C[C@H](NC(=O)[C@@H]1CCCN(S(=O)(=O)c2ccc(Cl)cc2)C1)c1ccc(F)cc1. The Bertz CT molecular complexity index is 933. The average Bonchev–Trinajstić information content (AvgIpc) is 2.69. The molecular formula is C20H22ClFN2O3S. The molecule has 1 aliphatic heterocycles. The highest BCUT2D eigenvalue weighted by molar-refractivity contribution is 7.89. The Kier molecular flexibility index (Phi) is 6.37. The summed E-state index contributed by atoms with van der Waals surface area (Å²) in [4.78, 5) is 12.8. The standard InChI is InChI=1S/C20H22ClFN2O3S/c1-14(15-4-8-18(22)9-5-15)23-20(25)16-3-2-12-24(13-16)28(26,27)19-10-6-17(21)7-11-19/h4-11,14,16H,2-3,12-13H2,1H3,(H,23,25)/t14-,16+/m0/s1. The van der Waals surface area contributed by atoms with Gasteiger partial charge in [-0.2, -0.15) is 4.31 Å². The number of amides is 1. The van der Waals surface area contributed by atoms with Gasteiger partial charge in [-0.25, -0.2) is 12.8 Å². The highest BCUT2D eigenvalue weighted by Gasteiger charge is 2.33. The second-order valence-electron chi connectivity index (χ2n) is 6.94. The molecule has 1 saturated heterocycles. The highest BCUT2D eigenvalue weighted by atomic mass is 35.5. The molecule has 1 amide bonds. The van der Waals surface area contributed by atoms with Crippen molar-refractivity contribution in [1.82, 2.24) is 9.62 Å². The maximum Gasteiger partial charge on any atom is 0.243 e. The number of piperidine rings is 1. The second kappa shape index (κ2) is 8.59. The second-order valence-corrected chi connectivity index (χ2v) is 9.31. The molecule has 0 saturated carbocycles. The lowest BCUT2D eigenvalue weighted by Crippen LogP contribution is -2.45. The molecule has 1 fully saturated rings. The lowest BCUT2D eigenvalue weighted by Gasteiger charge is -2.32. The van der Waals surface area contributed by atoms with E-state index in [9.17, 15) is 17.6 Å². The van der Waals surface area contributed by atoms with Gasteiger partial charge in [-0.05, 0) is 61.7 Å². The smallest absolute Gasteiger partial charge is 0.243 e. The van der Waals surface area contributed by atoms with Crippen molar-refractivity contribution in [1.29, 1.82) is 0 Å². The topological polar surface area (TPSA) is 66.5 Å². The first-order chi connectivity index (χ1) is 13.3. The first-order valence-electron chi connectivity index (χ1n) is 9.09. The third-order valence-electron chi connectivity index (χ3n) is 4.94. The summed E-state index contributed by atoms with van der Waals surface area (Å²) in [7, 11) is -3.68. The molecule has 0 aliphatic carbocycles. The van der Waals surface area contributed by atoms with Crippen LogP contribution in [0.2, 0.25) is 5.02 Å². The molecule has 0 bridgehead atoms. The van der Waals surface area contributed by atoms with E-state index >= 15 is 0 Å². The van der Waals surface area contributed by atoms with Crippen molar-refractivity contribution in [3.05, 3.63) is 64.9 Å². The van der Waals surface area contributed by atoms with Gasteiger partial charge in [0, 0.05) is 18.1 Å². The Morgan fingerprint density at radius 3 is 2.46 bits per heavy atom. The molecule has 0 unspecified atom stereocenters. The molecule has 28 heavy (non-hydrogen) atoms. The van der Waals surface area contributed by atoms with Gasteiger partial charge in [0.2, 0.25) is 15.9 Å². The van der Waals surface area contributed by atoms with Crippen LogP contribution in [-0.2, 0) is 14.8 Å². The monoisotopic (exact) mass is 424 g/mol. The maximum atomic E-state index is 13.1. The fourth-order valence-electron chi connectivity index (χ4n) is 3.30. The van der Waals surface area contributed by atoms with E-state index in [1.54, 1.807) is 12.1 Å². The van der Waals surface area contributed by atoms with Crippen LogP contribution in [0.1, 0.15) is 31.4 Å². The van der Waals surface area contributed by atoms with Crippen LogP contribution >= 0.6 is 11.6 Å². The summed E-state index contributed by atoms with van der Waals surface area (Å²) in [5.74, 6) is -0.968. The van der Waals surface area contributed by atoms with E-state index in [1.807, 2.05) is 6.92 Å². The Hall–Kier alpha value is -1.96. The number of nitrogens with one attached hydrogen (secondary N) is 1. The van der Waals surface area contributed by atoms with E-state index in [0.717, 1.165) is 5.56 Å². The number of nitrogens with zero attached hydrogens (tertiary/aromatic N) is 1. The van der Waals surface area contributed by atoms with Crippen LogP contribution in [-0.4, -0.2) is 31.7 Å². The minimum atomic E-state index is -3.68. The van der Waals surface area contributed by atoms with E-state index in [-0.39, 0.29) is 29.2 Å². The lowest BCUT2D eigenvalue weighted by molar-refractivity contribution is -0.126. The van der Waals surface area contributed by atoms with Gasteiger partial charge in [-0.1, -0.05) is 23.7 Å². The molecule has 0 radical (unpaired) electrons. The first-order valence-corrected chi connectivity index (χ1v) is 10.9. The summed E-state index contributed by atoms with van der Waals surface area (Å²) < 4.78 is 40.1. The number of carbonyl (C=O) groups excluding carboxylic acids is 1. The van der Waals surface area contributed by atoms with Gasteiger partial charge in [-0.3, -0.25) is 4.79 Å². The van der Waals surface area contributed by atoms with Gasteiger partial charge in [-0.15, -0.1) is 0 Å². The Labute approximate surface area is 169 Å². The normalized spacial score (nSPS) is 19.2. The Morgan fingerprint density at radius 2 is 1.82 bits per heavy atom. The van der Waals surface area contributed by atoms with E-state index in [1.165, 1.54) is 40.7 Å². The van der Waals surface area contributed by atoms with Gasteiger partial charge >= 0.3 is 0 Å². The molecule has 2 aromatic carbocycles. The summed E-state index contributed by atoms with van der Waals surface area (Å²) in [6.45, 7) is 2.32. The van der Waals surface area contributed by atoms with Crippen molar-refractivity contribution in [3.8, 4) is 0 Å². The molecule has 0 aromatic heterocycles. The fraction of sp³-hybridized carbons (Fsp3) is 0.350. The number of carbonyl (C=O) groups is 1. The summed E-state index contributed by atoms with van der Waals surface area (Å²) in [6, 6.07) is 11.7. The van der Waals surface area contributed by atoms with Crippen LogP contribution < -0.4 is 5.32 Å². The maximum absolute atomic E-state index is 13.1. The number of benzene rings is 2. The molecule has 150 valence electrons. The zero-order chi connectivity index (χ0) is 20.3. The first kappa shape index (κ1) is 20.8. The number of hydrogen-bond acceptors (Lipinski definition) is 3. The minimum absolute atomic E-state index is 0.132. The molecule has 8 heteroatoms. The van der Waals surface area contributed by atoms with Crippen LogP contribution in [0.5, 0.6) is 0 Å². The number of hydrogen-bond donors (Lipinski definition) is 1. The molecule has 1 aliphatic rings. The summed E-state index contributed by atoms with van der Waals surface area (Å²) in [5.41, 5.74) is 0.788. The van der Waals surface area contributed by atoms with Gasteiger partial charge in [0.25, 0.3) is 0 Å². The van der Waals surface area contributed by atoms with Gasteiger partial charge in [0.1, 0.15) is 5.82 Å². The Balaban J connectivity index is 1.67. The van der Waals surface area contributed by atoms with Crippen LogP contribution in [0.15, 0.2) is 53.4 Å². The van der Waals surface area contributed by atoms with E-state index in [2.05, 4.69) is 5.32 Å². The Morgan fingerprint density at radius 1 is 1.18 bits per heavy atom. The van der Waals surface area contributed by atoms with Crippen molar-refractivity contribution in [2.75, 3.05) is 13.1 Å². The van der Waals surface area contributed by atoms with Crippen molar-refractivity contribution in [2.45, 2.75) is 30.7 Å². The third-order valence-corrected chi connectivity index (χ3v) is 7.07. The number of rotatable bonds is 5. The zero-order valence-corrected chi connectivity index (χ0v) is 17.0. The molecule has 0 spiro atoms. The molecule has 5 nitrogen and oxygen atoms in total. The largest absolute Gasteiger partial charge is 0.349 e. The van der Waals surface area contributed by atoms with Gasteiger partial charge in [0.15, 0.2) is 0 Å². The van der Waals surface area contributed by atoms with Crippen LogP contribution in [0.25, 0.3) is 0 Å². The predicted molar refractivity (Wildman–Crippen MR) is 106 cm³/mol. The quantitative estimate of drug-likeness (QED) is 0.794. The van der Waals surface area contributed by atoms with E-state index in [4.69, 9.17) is 11.6 Å². The van der Waals surface area contributed by atoms with Crippen molar-refractivity contribution in [2.24, 2.45) is 5.92 Å². The predicted octanol–water partition coefficient (Wildman–Crippen LogP) is 3.76. The number of sulfonamides is 1. The lowest BCUT2D eigenvalue weighted by atomic mass is 9.98. The summed E-state index contributed by atoms with van der Waals surface area (Å²) in [6.07, 6.45) is 1.23. The third kappa shape index (κ3) is 4.71. The molecule has 1 N–H and O–H groups in total. The van der Waals surface area contributed by atoms with Crippen LogP contribution in [0, 0.1) is 11.7 Å². The average molecular weight is 425 g/mol. The molecule has 2 aromatic rings. The van der Waals surface area contributed by atoms with Gasteiger partial charge < -0.3 is 5.32 Å². The van der Waals surface area contributed by atoms with Gasteiger partial charge in [0.05, 0.1) is 16.9 Å². The number of halogens is 2. The summed E-state index contributed by atoms with van der Waals surface area (Å²) in [5, 5.41) is 3.37. The van der Waals surface area contributed by atoms with Crippen LogP contribution in [0.3, 0.4) is 0 Å². The van der Waals surface area contributed by atoms with Crippen molar-refractivity contribution < 1.29 is 17.6 Å². The highest BCUT2D eigenvalue weighted by Crippen LogP contribution is 2.25. The minimum Gasteiger partial charge on any atom is -0.349 e. The summed E-state index contributed by atoms with van der Waals surface area (Å²) >= 11 is 5.84.